The minimum atomic E-state index is -0.0278. The number of hydrogen-bond donors (Lipinski definition) is 1. The van der Waals surface area contributed by atoms with E-state index < -0.39 is 0 Å². The Labute approximate surface area is 162 Å². The summed E-state index contributed by atoms with van der Waals surface area (Å²) in [6.45, 7) is 6.34. The van der Waals surface area contributed by atoms with Gasteiger partial charge >= 0.3 is 0 Å². The van der Waals surface area contributed by atoms with Gasteiger partial charge in [-0.1, -0.05) is 39.0 Å². The molecule has 2 heterocycles. The number of aromatic nitrogens is 2. The summed E-state index contributed by atoms with van der Waals surface area (Å²) in [4.78, 5) is 21.4. The zero-order valence-electron chi connectivity index (χ0n) is 15.7. The van der Waals surface area contributed by atoms with E-state index in [0.717, 1.165) is 22.3 Å². The molecular formula is C21H23N3O2S. The normalized spacial score (nSPS) is 19.5. The number of pyridine rings is 1. The predicted octanol–water partition coefficient (Wildman–Crippen LogP) is 4.78. The van der Waals surface area contributed by atoms with Crippen molar-refractivity contribution in [2.24, 2.45) is 5.92 Å². The number of nitrogens with zero attached hydrogens (tertiary/aromatic N) is 2. The van der Waals surface area contributed by atoms with Crippen LogP contribution in [0.2, 0.25) is 0 Å². The summed E-state index contributed by atoms with van der Waals surface area (Å²) >= 11 is 1.48. The fourth-order valence-corrected chi connectivity index (χ4v) is 4.05. The van der Waals surface area contributed by atoms with Gasteiger partial charge in [0.05, 0.1) is 5.69 Å². The fraction of sp³-hybridized carbons (Fsp3) is 0.381. The molecule has 0 saturated heterocycles. The van der Waals surface area contributed by atoms with Gasteiger partial charge in [-0.2, -0.15) is 0 Å². The maximum Gasteiger partial charge on any atom is 0.229 e. The number of amides is 1. The number of rotatable bonds is 4. The number of anilines is 1. The molecular weight excluding hydrogens is 358 g/mol. The van der Waals surface area contributed by atoms with Crippen molar-refractivity contribution >= 4 is 33.3 Å². The molecule has 6 heteroatoms. The van der Waals surface area contributed by atoms with Gasteiger partial charge in [-0.25, -0.2) is 4.98 Å². The highest BCUT2D eigenvalue weighted by molar-refractivity contribution is 7.13. The van der Waals surface area contributed by atoms with E-state index in [1.807, 2.05) is 35.7 Å². The molecule has 5 nitrogen and oxygen atoms in total. The van der Waals surface area contributed by atoms with Crippen LogP contribution in [0.5, 0.6) is 5.75 Å². The van der Waals surface area contributed by atoms with E-state index in [-0.39, 0.29) is 23.3 Å². The number of fused-ring (bicyclic) bond motifs is 1. The highest BCUT2D eigenvalue weighted by atomic mass is 32.1. The van der Waals surface area contributed by atoms with Gasteiger partial charge in [-0.3, -0.25) is 9.78 Å². The second-order valence-corrected chi connectivity index (χ2v) is 8.87. The Kier molecular flexibility index (Phi) is 4.60. The predicted molar refractivity (Wildman–Crippen MR) is 108 cm³/mol. The van der Waals surface area contributed by atoms with E-state index in [1.165, 1.54) is 11.3 Å². The third-order valence-corrected chi connectivity index (χ3v) is 5.62. The molecule has 1 saturated carbocycles. The molecule has 3 aromatic rings. The third-order valence-electron chi connectivity index (χ3n) is 4.86. The molecule has 0 unspecified atom stereocenters. The molecule has 1 fully saturated rings. The number of carbonyl (C=O) groups is 1. The van der Waals surface area contributed by atoms with Gasteiger partial charge in [0.2, 0.25) is 5.91 Å². The molecule has 140 valence electrons. The van der Waals surface area contributed by atoms with E-state index in [2.05, 4.69) is 36.1 Å². The number of nitrogens with one attached hydrogen (secondary N) is 1. The van der Waals surface area contributed by atoms with Crippen LogP contribution in [0.4, 0.5) is 5.13 Å². The highest BCUT2D eigenvalue weighted by Gasteiger charge is 2.36. The average Bonchev–Trinajstić information content (AvgIpc) is 3.06. The highest BCUT2D eigenvalue weighted by Crippen LogP contribution is 2.35. The van der Waals surface area contributed by atoms with Gasteiger partial charge in [-0.15, -0.1) is 11.3 Å². The second-order valence-electron chi connectivity index (χ2n) is 8.02. The van der Waals surface area contributed by atoms with Crippen molar-refractivity contribution in [2.75, 3.05) is 5.32 Å². The van der Waals surface area contributed by atoms with Gasteiger partial charge in [0.15, 0.2) is 5.13 Å². The first-order valence-corrected chi connectivity index (χ1v) is 10.1. The van der Waals surface area contributed by atoms with Gasteiger partial charge in [0.1, 0.15) is 17.4 Å². The first kappa shape index (κ1) is 17.9. The molecule has 1 aliphatic rings. The summed E-state index contributed by atoms with van der Waals surface area (Å²) in [6.07, 6.45) is 3.25. The lowest BCUT2D eigenvalue weighted by Crippen LogP contribution is -2.40. The molecule has 0 aliphatic heterocycles. The Morgan fingerprint density at radius 2 is 2.00 bits per heavy atom. The van der Waals surface area contributed by atoms with Crippen LogP contribution in [0.1, 0.15) is 39.3 Å². The lowest BCUT2D eigenvalue weighted by molar-refractivity contribution is -0.125. The average molecular weight is 382 g/mol. The number of para-hydroxylation sites is 1. The molecule has 0 radical (unpaired) electrons. The van der Waals surface area contributed by atoms with Crippen molar-refractivity contribution < 1.29 is 9.53 Å². The molecule has 4 rings (SSSR count). The van der Waals surface area contributed by atoms with Crippen molar-refractivity contribution in [3.05, 3.63) is 47.6 Å². The molecule has 27 heavy (non-hydrogen) atoms. The van der Waals surface area contributed by atoms with E-state index in [9.17, 15) is 4.79 Å². The smallest absolute Gasteiger partial charge is 0.229 e. The number of hydrogen-bond acceptors (Lipinski definition) is 5. The largest absolute Gasteiger partial charge is 0.488 e. The Morgan fingerprint density at radius 1 is 1.22 bits per heavy atom. The van der Waals surface area contributed by atoms with Crippen molar-refractivity contribution in [1.82, 2.24) is 9.97 Å². The standard InChI is InChI=1S/C21H23N3O2S/c1-21(2,3)17-12-27-20(23-17)24-19(25)14-10-15(11-14)26-16-8-4-6-13-7-5-9-22-18(13)16/h4-9,12,14-15H,10-11H2,1-3H3,(H,23,24,25)/t14-,15-. The number of carbonyl (C=O) groups excluding carboxylic acids is 1. The molecule has 0 bridgehead atoms. The Balaban J connectivity index is 1.34. The summed E-state index contributed by atoms with van der Waals surface area (Å²) in [5.74, 6) is 0.785. The quantitative estimate of drug-likeness (QED) is 0.706. The van der Waals surface area contributed by atoms with Gasteiger partial charge in [0, 0.05) is 28.3 Å². The maximum atomic E-state index is 12.5. The zero-order valence-corrected chi connectivity index (χ0v) is 16.5. The summed E-state index contributed by atoms with van der Waals surface area (Å²) < 4.78 is 6.09. The van der Waals surface area contributed by atoms with E-state index in [1.54, 1.807) is 6.20 Å². The number of benzene rings is 1. The van der Waals surface area contributed by atoms with Crippen LogP contribution in [-0.4, -0.2) is 22.0 Å². The number of ether oxygens (including phenoxy) is 1. The SMILES string of the molecule is CC(C)(C)c1csc(NC(=O)[C@H]2C[C@H](Oc3cccc4cccnc34)C2)n1. The van der Waals surface area contributed by atoms with Gasteiger partial charge in [0.25, 0.3) is 0 Å². The van der Waals surface area contributed by atoms with Crippen LogP contribution in [0.15, 0.2) is 41.9 Å². The summed E-state index contributed by atoms with van der Waals surface area (Å²) in [5.41, 5.74) is 1.85. The van der Waals surface area contributed by atoms with Crippen LogP contribution in [0.3, 0.4) is 0 Å². The first-order valence-electron chi connectivity index (χ1n) is 9.17. The molecule has 2 aromatic heterocycles. The first-order chi connectivity index (χ1) is 12.9. The van der Waals surface area contributed by atoms with Crippen LogP contribution < -0.4 is 10.1 Å². The van der Waals surface area contributed by atoms with E-state index in [4.69, 9.17) is 4.74 Å². The minimum absolute atomic E-state index is 0.0125. The third kappa shape index (κ3) is 3.81. The number of thiazole rings is 1. The summed E-state index contributed by atoms with van der Waals surface area (Å²) in [7, 11) is 0. The maximum absolute atomic E-state index is 12.5. The molecule has 1 aromatic carbocycles. The Hall–Kier alpha value is -2.47. The minimum Gasteiger partial charge on any atom is -0.488 e. The topological polar surface area (TPSA) is 64.1 Å². The summed E-state index contributed by atoms with van der Waals surface area (Å²) in [6, 6.07) is 9.86. The van der Waals surface area contributed by atoms with Crippen LogP contribution in [0, 0.1) is 5.92 Å². The molecule has 0 atom stereocenters. The van der Waals surface area contributed by atoms with Gasteiger partial charge < -0.3 is 10.1 Å². The Morgan fingerprint density at radius 3 is 2.74 bits per heavy atom. The molecule has 1 amide bonds. The zero-order chi connectivity index (χ0) is 19.0. The second kappa shape index (κ2) is 6.93. The van der Waals surface area contributed by atoms with Crippen LogP contribution in [0.25, 0.3) is 10.9 Å². The van der Waals surface area contributed by atoms with Crippen LogP contribution in [-0.2, 0) is 10.2 Å². The molecule has 1 N–H and O–H groups in total. The van der Waals surface area contributed by atoms with Gasteiger partial charge in [-0.05, 0) is 25.0 Å². The van der Waals surface area contributed by atoms with Crippen molar-refractivity contribution in [2.45, 2.75) is 45.1 Å². The monoisotopic (exact) mass is 381 g/mol. The van der Waals surface area contributed by atoms with Crippen molar-refractivity contribution in [3.63, 3.8) is 0 Å². The Bertz CT molecular complexity index is 965. The molecule has 0 spiro atoms. The molecule has 1 aliphatic carbocycles. The summed E-state index contributed by atoms with van der Waals surface area (Å²) in [5, 5.41) is 6.69. The van der Waals surface area contributed by atoms with Crippen LogP contribution >= 0.6 is 11.3 Å². The van der Waals surface area contributed by atoms with Crippen molar-refractivity contribution in [1.29, 1.82) is 0 Å². The van der Waals surface area contributed by atoms with Crippen molar-refractivity contribution in [3.8, 4) is 5.75 Å². The lowest BCUT2D eigenvalue weighted by atomic mass is 9.81. The fourth-order valence-electron chi connectivity index (χ4n) is 3.11. The lowest BCUT2D eigenvalue weighted by Gasteiger charge is -2.34. The van der Waals surface area contributed by atoms with E-state index >= 15 is 0 Å². The van der Waals surface area contributed by atoms with E-state index in [0.29, 0.717) is 18.0 Å².